The Morgan fingerprint density at radius 3 is 2.69 bits per heavy atom. The fourth-order valence-electron chi connectivity index (χ4n) is 1.15. The number of nitrogens with one attached hydrogen (secondary N) is 1. The average molecular weight is 228 g/mol. The quantitative estimate of drug-likeness (QED) is 0.800. The van der Waals surface area contributed by atoms with E-state index in [-0.39, 0.29) is 5.56 Å². The molecule has 16 heavy (non-hydrogen) atoms. The Hall–Kier alpha value is -2.23. The van der Waals surface area contributed by atoms with Crippen molar-refractivity contribution in [2.45, 2.75) is 12.8 Å². The fourth-order valence-corrected chi connectivity index (χ4v) is 1.15. The first kappa shape index (κ1) is 11.8. The SMILES string of the molecule is N#Cc1cc(CC(=O)O)c(=O)[nH]c1C(F)F. The summed E-state index contributed by atoms with van der Waals surface area (Å²) in [6.45, 7) is 0. The number of hydrogen-bond acceptors (Lipinski definition) is 3. The monoisotopic (exact) mass is 228 g/mol. The van der Waals surface area contributed by atoms with Gasteiger partial charge in [-0.15, -0.1) is 0 Å². The number of aliphatic carboxylic acids is 1. The number of halogens is 2. The number of carbonyl (C=O) groups is 1. The Kier molecular flexibility index (Phi) is 3.35. The van der Waals surface area contributed by atoms with Gasteiger partial charge in [-0.1, -0.05) is 0 Å². The molecular formula is C9H6F2N2O3. The molecule has 7 heteroatoms. The van der Waals surface area contributed by atoms with E-state index < -0.39 is 35.6 Å². The summed E-state index contributed by atoms with van der Waals surface area (Å²) >= 11 is 0. The third kappa shape index (κ3) is 2.42. The van der Waals surface area contributed by atoms with Crippen LogP contribution < -0.4 is 5.56 Å². The van der Waals surface area contributed by atoms with Crippen molar-refractivity contribution in [3.05, 3.63) is 33.2 Å². The molecule has 0 saturated heterocycles. The predicted octanol–water partition coefficient (Wildman–Crippen LogP) is 0.811. The van der Waals surface area contributed by atoms with Crippen molar-refractivity contribution in [1.82, 2.24) is 4.98 Å². The van der Waals surface area contributed by atoms with Crippen LogP contribution in [0.15, 0.2) is 10.9 Å². The van der Waals surface area contributed by atoms with Gasteiger partial charge < -0.3 is 10.1 Å². The standard InChI is InChI=1S/C9H6F2N2O3/c10-8(11)7-5(3-12)1-4(2-6(14)15)9(16)13-7/h1,8H,2H2,(H,13,16)(H,14,15). The minimum Gasteiger partial charge on any atom is -0.481 e. The first-order valence-electron chi connectivity index (χ1n) is 4.12. The average Bonchev–Trinajstić information content (AvgIpc) is 2.19. The van der Waals surface area contributed by atoms with E-state index in [0.29, 0.717) is 0 Å². The number of nitriles is 1. The number of pyridine rings is 1. The van der Waals surface area contributed by atoms with Crippen molar-refractivity contribution in [1.29, 1.82) is 5.26 Å². The van der Waals surface area contributed by atoms with Crippen LogP contribution >= 0.6 is 0 Å². The van der Waals surface area contributed by atoms with Crippen LogP contribution in [0.25, 0.3) is 0 Å². The zero-order valence-corrected chi connectivity index (χ0v) is 7.83. The molecule has 0 amide bonds. The van der Waals surface area contributed by atoms with Gasteiger partial charge in [-0.25, -0.2) is 8.78 Å². The zero-order chi connectivity index (χ0) is 12.3. The Morgan fingerprint density at radius 2 is 2.25 bits per heavy atom. The maximum Gasteiger partial charge on any atom is 0.308 e. The molecule has 0 fully saturated rings. The van der Waals surface area contributed by atoms with Gasteiger partial charge in [-0.3, -0.25) is 9.59 Å². The number of carboxylic acids is 1. The molecular weight excluding hydrogens is 222 g/mol. The molecule has 0 spiro atoms. The fraction of sp³-hybridized carbons (Fsp3) is 0.222. The summed E-state index contributed by atoms with van der Waals surface area (Å²) in [5.74, 6) is -1.28. The molecule has 84 valence electrons. The lowest BCUT2D eigenvalue weighted by Gasteiger charge is -2.04. The Morgan fingerprint density at radius 1 is 1.62 bits per heavy atom. The van der Waals surface area contributed by atoms with Crippen molar-refractivity contribution in [3.8, 4) is 6.07 Å². The van der Waals surface area contributed by atoms with Crippen LogP contribution in [0.5, 0.6) is 0 Å². The van der Waals surface area contributed by atoms with Crippen LogP contribution in [0.3, 0.4) is 0 Å². The van der Waals surface area contributed by atoms with Gasteiger partial charge in [0.25, 0.3) is 12.0 Å². The normalized spacial score (nSPS) is 10.1. The number of hydrogen-bond donors (Lipinski definition) is 2. The molecule has 1 rings (SSSR count). The summed E-state index contributed by atoms with van der Waals surface area (Å²) in [4.78, 5) is 23.4. The summed E-state index contributed by atoms with van der Waals surface area (Å²) in [5.41, 5.74) is -2.36. The van der Waals surface area contributed by atoms with Crippen molar-refractivity contribution in [2.24, 2.45) is 0 Å². The summed E-state index contributed by atoms with van der Waals surface area (Å²) in [7, 11) is 0. The van der Waals surface area contributed by atoms with Crippen molar-refractivity contribution < 1.29 is 18.7 Å². The highest BCUT2D eigenvalue weighted by Crippen LogP contribution is 2.19. The highest BCUT2D eigenvalue weighted by Gasteiger charge is 2.17. The van der Waals surface area contributed by atoms with E-state index in [9.17, 15) is 18.4 Å². The van der Waals surface area contributed by atoms with Crippen LogP contribution in [-0.2, 0) is 11.2 Å². The second-order valence-electron chi connectivity index (χ2n) is 2.93. The summed E-state index contributed by atoms with van der Waals surface area (Å²) in [5, 5.41) is 17.0. The summed E-state index contributed by atoms with van der Waals surface area (Å²) in [6.07, 6.45) is -3.60. The van der Waals surface area contributed by atoms with E-state index in [2.05, 4.69) is 0 Å². The lowest BCUT2D eigenvalue weighted by atomic mass is 10.1. The van der Waals surface area contributed by atoms with E-state index in [1.807, 2.05) is 4.98 Å². The molecule has 0 atom stereocenters. The number of rotatable bonds is 3. The first-order chi connectivity index (χ1) is 7.45. The van der Waals surface area contributed by atoms with E-state index >= 15 is 0 Å². The van der Waals surface area contributed by atoms with Crippen LogP contribution in [0, 0.1) is 11.3 Å². The smallest absolute Gasteiger partial charge is 0.308 e. The third-order valence-electron chi connectivity index (χ3n) is 1.83. The molecule has 0 aromatic carbocycles. The number of aromatic nitrogens is 1. The summed E-state index contributed by atoms with van der Waals surface area (Å²) in [6, 6.07) is 2.34. The van der Waals surface area contributed by atoms with Crippen LogP contribution in [0.4, 0.5) is 8.78 Å². The van der Waals surface area contributed by atoms with Crippen molar-refractivity contribution in [3.63, 3.8) is 0 Å². The number of H-pyrrole nitrogens is 1. The van der Waals surface area contributed by atoms with Gasteiger partial charge in [-0.05, 0) is 6.07 Å². The molecule has 0 saturated carbocycles. The lowest BCUT2D eigenvalue weighted by molar-refractivity contribution is -0.136. The highest BCUT2D eigenvalue weighted by atomic mass is 19.3. The Balaban J connectivity index is 3.33. The first-order valence-corrected chi connectivity index (χ1v) is 4.12. The van der Waals surface area contributed by atoms with Gasteiger partial charge in [0.15, 0.2) is 0 Å². The van der Waals surface area contributed by atoms with Gasteiger partial charge in [-0.2, -0.15) is 5.26 Å². The maximum atomic E-state index is 12.4. The van der Waals surface area contributed by atoms with Crippen LogP contribution in [-0.4, -0.2) is 16.1 Å². The molecule has 5 nitrogen and oxygen atoms in total. The Labute approximate surface area is 88.0 Å². The van der Waals surface area contributed by atoms with Gasteiger partial charge in [0.2, 0.25) is 0 Å². The number of aromatic amines is 1. The van der Waals surface area contributed by atoms with Crippen LogP contribution in [0.2, 0.25) is 0 Å². The zero-order valence-electron chi connectivity index (χ0n) is 7.83. The predicted molar refractivity (Wildman–Crippen MR) is 48.1 cm³/mol. The van der Waals surface area contributed by atoms with E-state index in [1.54, 1.807) is 0 Å². The number of alkyl halides is 2. The third-order valence-corrected chi connectivity index (χ3v) is 1.83. The molecule has 1 heterocycles. The van der Waals surface area contributed by atoms with E-state index in [0.717, 1.165) is 6.07 Å². The lowest BCUT2D eigenvalue weighted by Crippen LogP contribution is -2.19. The van der Waals surface area contributed by atoms with Gasteiger partial charge >= 0.3 is 5.97 Å². The molecule has 0 bridgehead atoms. The minimum atomic E-state index is -2.98. The van der Waals surface area contributed by atoms with Crippen molar-refractivity contribution >= 4 is 5.97 Å². The molecule has 2 N–H and O–H groups in total. The maximum absolute atomic E-state index is 12.4. The van der Waals surface area contributed by atoms with Gasteiger partial charge in [0, 0.05) is 5.56 Å². The summed E-state index contributed by atoms with van der Waals surface area (Å²) < 4.78 is 24.7. The topological polar surface area (TPSA) is 93.9 Å². The Bertz CT molecular complexity index is 516. The molecule has 0 radical (unpaired) electrons. The largest absolute Gasteiger partial charge is 0.481 e. The number of nitrogens with zero attached hydrogens (tertiary/aromatic N) is 1. The van der Waals surface area contributed by atoms with Gasteiger partial charge in [0.1, 0.15) is 11.8 Å². The van der Waals surface area contributed by atoms with Gasteiger partial charge in [0.05, 0.1) is 12.0 Å². The minimum absolute atomic E-state index is 0.228. The highest BCUT2D eigenvalue weighted by molar-refractivity contribution is 5.70. The molecule has 1 aromatic rings. The van der Waals surface area contributed by atoms with Crippen LogP contribution in [0.1, 0.15) is 23.2 Å². The second kappa shape index (κ2) is 4.53. The number of carboxylic acid groups (broad SMARTS) is 1. The van der Waals surface area contributed by atoms with Crippen molar-refractivity contribution in [2.75, 3.05) is 0 Å². The molecule has 0 aliphatic rings. The molecule has 0 unspecified atom stereocenters. The van der Waals surface area contributed by atoms with E-state index in [1.165, 1.54) is 6.07 Å². The molecule has 0 aliphatic carbocycles. The van der Waals surface area contributed by atoms with E-state index in [4.69, 9.17) is 10.4 Å². The molecule has 1 aromatic heterocycles. The molecule has 0 aliphatic heterocycles. The second-order valence-corrected chi connectivity index (χ2v) is 2.93.